The van der Waals surface area contributed by atoms with E-state index in [1.165, 1.54) is 128 Å². The number of hydrogen-bond donors (Lipinski definition) is 4. The fourth-order valence-electron chi connectivity index (χ4n) is 3.55. The second-order valence-corrected chi connectivity index (χ2v) is 10.7. The Balaban J connectivity index is -0.000000141. The van der Waals surface area contributed by atoms with Crippen LogP contribution < -0.4 is 0 Å². The molecule has 0 saturated heterocycles. The van der Waals surface area contributed by atoms with E-state index in [9.17, 15) is 0 Å². The van der Waals surface area contributed by atoms with Crippen LogP contribution in [0.5, 0.6) is 0 Å². The van der Waals surface area contributed by atoms with E-state index in [2.05, 4.69) is 13.8 Å². The molecule has 0 atom stereocenters. The molecule has 0 aliphatic rings. The summed E-state index contributed by atoms with van der Waals surface area (Å²) < 4.78 is 0. The van der Waals surface area contributed by atoms with Gasteiger partial charge in [0.2, 0.25) is 0 Å². The van der Waals surface area contributed by atoms with Gasteiger partial charge in [0.05, 0.1) is 0 Å². The molecule has 5 heteroatoms. The van der Waals surface area contributed by atoms with Crippen LogP contribution in [-0.4, -0.2) is 45.8 Å². The molecule has 0 aromatic heterocycles. The topological polar surface area (TPSA) is 80.9 Å². The van der Waals surface area contributed by atoms with Gasteiger partial charge in [0, 0.05) is 47.1 Å². The maximum Gasteiger partial charge on any atom is 0.0483 e. The van der Waals surface area contributed by atoms with Gasteiger partial charge in [0.25, 0.3) is 0 Å². The van der Waals surface area contributed by atoms with Crippen molar-refractivity contribution in [2.45, 2.75) is 195 Å². The molecule has 0 spiro atoms. The summed E-state index contributed by atoms with van der Waals surface area (Å²) in [7, 11) is 0. The number of aliphatic hydroxyl groups excluding tert-OH is 4. The van der Waals surface area contributed by atoms with Gasteiger partial charge in [-0.3, -0.25) is 0 Å². The predicted octanol–water partition coefficient (Wildman–Crippen LogP) is 9.35. The van der Waals surface area contributed by atoms with Gasteiger partial charge >= 0.3 is 0 Å². The summed E-state index contributed by atoms with van der Waals surface area (Å²) in [5, 5.41) is 33.3. The van der Waals surface area contributed by atoms with Crippen LogP contribution in [0.15, 0.2) is 0 Å². The average molecular weight is 569 g/mol. The quantitative estimate of drug-likeness (QED) is 0.0775. The zero-order valence-corrected chi connectivity index (χ0v) is 28.0. The fourth-order valence-corrected chi connectivity index (χ4v) is 3.55. The molecule has 0 heterocycles. The molecule has 0 fully saturated rings. The van der Waals surface area contributed by atoms with Crippen molar-refractivity contribution in [3.05, 3.63) is 0 Å². The fraction of sp³-hybridized carbons (Fsp3) is 1.00. The molecule has 4 N–H and O–H groups in total. The smallest absolute Gasteiger partial charge is 0.0483 e. The summed E-state index contributed by atoms with van der Waals surface area (Å²) >= 11 is 0. The molecule has 4 nitrogen and oxygen atoms in total. The van der Waals surface area contributed by atoms with Crippen LogP contribution in [-0.2, 0) is 21.7 Å². The van der Waals surface area contributed by atoms with Crippen LogP contribution in [0.25, 0.3) is 0 Å². The molecule has 0 aromatic rings. The summed E-state index contributed by atoms with van der Waals surface area (Å²) in [6.07, 6.45) is 29.2. The van der Waals surface area contributed by atoms with Crippen molar-refractivity contribution in [3.63, 3.8) is 0 Å². The first-order chi connectivity index (χ1) is 17.3. The van der Waals surface area contributed by atoms with Gasteiger partial charge in [0.15, 0.2) is 0 Å². The van der Waals surface area contributed by atoms with Crippen LogP contribution in [0.4, 0.5) is 0 Å². The van der Waals surface area contributed by atoms with Crippen molar-refractivity contribution >= 4 is 0 Å². The van der Waals surface area contributed by atoms with E-state index in [4.69, 9.17) is 20.4 Å². The SMILES string of the molecule is CC(C)O.CC(C)O.CCCCCCCCCCCCCCO.CCCCCCCCCCCCO.[Ti]. The minimum absolute atomic E-state index is 0. The number of aliphatic hydroxyl groups is 4. The molecular weight excluding hydrogens is 496 g/mol. The molecule has 0 saturated carbocycles. The van der Waals surface area contributed by atoms with Gasteiger partial charge in [-0.2, -0.15) is 0 Å². The van der Waals surface area contributed by atoms with Crippen molar-refractivity contribution in [1.29, 1.82) is 0 Å². The Morgan fingerprint density at radius 2 is 0.486 bits per heavy atom. The van der Waals surface area contributed by atoms with Gasteiger partial charge in [-0.1, -0.05) is 142 Å². The molecule has 0 amide bonds. The van der Waals surface area contributed by atoms with Crippen molar-refractivity contribution in [3.8, 4) is 0 Å². The number of unbranched alkanes of at least 4 members (excludes halogenated alkanes) is 20. The number of hydrogen-bond acceptors (Lipinski definition) is 4. The van der Waals surface area contributed by atoms with E-state index in [0.717, 1.165) is 12.8 Å². The zero-order valence-electron chi connectivity index (χ0n) is 26.4. The van der Waals surface area contributed by atoms with Gasteiger partial charge in [0.1, 0.15) is 0 Å². The largest absolute Gasteiger partial charge is 0.396 e. The van der Waals surface area contributed by atoms with Gasteiger partial charge in [-0.15, -0.1) is 0 Å². The second-order valence-electron chi connectivity index (χ2n) is 10.7. The Labute approximate surface area is 249 Å². The molecule has 37 heavy (non-hydrogen) atoms. The van der Waals surface area contributed by atoms with Gasteiger partial charge in [-0.05, 0) is 40.5 Å². The van der Waals surface area contributed by atoms with Crippen molar-refractivity contribution in [2.75, 3.05) is 13.2 Å². The molecule has 0 aliphatic heterocycles. The van der Waals surface area contributed by atoms with Crippen LogP contribution in [0.2, 0.25) is 0 Å². The standard InChI is InChI=1S/C14H30O.C12H26O.2C3H8O.Ti/c1-2-3-4-5-6-7-8-9-10-11-12-13-14-15;1-2-3-4-5-6-7-8-9-10-11-12-13;2*1-3(2)4;/h15H,2-14H2,1H3;13H,2-12H2,1H3;2*3-4H,1-2H3;. The van der Waals surface area contributed by atoms with E-state index < -0.39 is 0 Å². The second kappa shape index (κ2) is 49.5. The normalized spacial score (nSPS) is 10.1. The molecule has 0 unspecified atom stereocenters. The van der Waals surface area contributed by atoms with Gasteiger partial charge < -0.3 is 20.4 Å². The maximum absolute atomic E-state index is 8.61. The van der Waals surface area contributed by atoms with E-state index in [0.29, 0.717) is 13.2 Å². The van der Waals surface area contributed by atoms with Crippen molar-refractivity contribution < 1.29 is 42.1 Å². The Kier molecular flexibility index (Phi) is 63.3. The number of rotatable bonds is 22. The Bertz CT molecular complexity index is 282. The first-order valence-electron chi connectivity index (χ1n) is 15.9. The zero-order chi connectivity index (χ0) is 28.1. The van der Waals surface area contributed by atoms with E-state index in [1.54, 1.807) is 27.7 Å². The third-order valence-electron chi connectivity index (χ3n) is 5.52. The van der Waals surface area contributed by atoms with E-state index >= 15 is 0 Å². The third kappa shape index (κ3) is 85.8. The van der Waals surface area contributed by atoms with Crippen LogP contribution >= 0.6 is 0 Å². The molecule has 0 radical (unpaired) electrons. The Morgan fingerprint density at radius 1 is 0.351 bits per heavy atom. The van der Waals surface area contributed by atoms with Crippen LogP contribution in [0.1, 0.15) is 183 Å². The monoisotopic (exact) mass is 568 g/mol. The summed E-state index contributed by atoms with van der Waals surface area (Å²) in [4.78, 5) is 0. The molecule has 0 bridgehead atoms. The molecule has 228 valence electrons. The molecule has 0 aliphatic carbocycles. The van der Waals surface area contributed by atoms with Crippen LogP contribution in [0, 0.1) is 0 Å². The van der Waals surface area contributed by atoms with Crippen molar-refractivity contribution in [2.24, 2.45) is 0 Å². The third-order valence-corrected chi connectivity index (χ3v) is 5.52. The maximum atomic E-state index is 8.61. The van der Waals surface area contributed by atoms with Crippen molar-refractivity contribution in [1.82, 2.24) is 0 Å². The minimum atomic E-state index is -0.167. The van der Waals surface area contributed by atoms with Crippen LogP contribution in [0.3, 0.4) is 0 Å². The first-order valence-corrected chi connectivity index (χ1v) is 15.9. The average Bonchev–Trinajstić information content (AvgIpc) is 2.81. The first kappa shape index (κ1) is 47.3. The van der Waals surface area contributed by atoms with E-state index in [1.807, 2.05) is 0 Å². The Hall–Kier alpha value is 0.554. The summed E-state index contributed by atoms with van der Waals surface area (Å²) in [5.74, 6) is 0. The van der Waals surface area contributed by atoms with E-state index in [-0.39, 0.29) is 33.9 Å². The molecular formula is C32H72O4Ti. The minimum Gasteiger partial charge on any atom is -0.396 e. The Morgan fingerprint density at radius 3 is 0.622 bits per heavy atom. The summed E-state index contributed by atoms with van der Waals surface area (Å²) in [5.41, 5.74) is 0. The van der Waals surface area contributed by atoms with Gasteiger partial charge in [-0.25, -0.2) is 0 Å². The summed E-state index contributed by atoms with van der Waals surface area (Å²) in [6.45, 7) is 12.2. The molecule has 0 aromatic carbocycles. The summed E-state index contributed by atoms with van der Waals surface area (Å²) in [6, 6.07) is 0. The molecule has 0 rings (SSSR count). The predicted molar refractivity (Wildman–Crippen MR) is 162 cm³/mol.